The molecule has 0 unspecified atom stereocenters. The van der Waals surface area contributed by atoms with E-state index in [9.17, 15) is 22.8 Å². The molecule has 11 heteroatoms. The van der Waals surface area contributed by atoms with Gasteiger partial charge in [-0.25, -0.2) is 9.78 Å². The zero-order valence-electron chi connectivity index (χ0n) is 18.5. The first-order chi connectivity index (χ1) is 16.2. The molecule has 2 aromatic carbocycles. The normalized spacial score (nSPS) is 11.1. The van der Waals surface area contributed by atoms with Crippen LogP contribution >= 0.6 is 0 Å². The predicted molar refractivity (Wildman–Crippen MR) is 116 cm³/mol. The van der Waals surface area contributed by atoms with Gasteiger partial charge in [-0.2, -0.15) is 13.2 Å². The Kier molecular flexibility index (Phi) is 7.44. The van der Waals surface area contributed by atoms with Gasteiger partial charge in [0.2, 0.25) is 5.75 Å². The summed E-state index contributed by atoms with van der Waals surface area (Å²) in [6.45, 7) is -2.39. The van der Waals surface area contributed by atoms with Crippen LogP contribution < -0.4 is 19.5 Å². The Balaban J connectivity index is 1.97. The molecule has 0 saturated heterocycles. The zero-order valence-corrected chi connectivity index (χ0v) is 18.5. The molecule has 0 atom stereocenters. The van der Waals surface area contributed by atoms with Crippen LogP contribution in [0.25, 0.3) is 22.2 Å². The second-order valence-corrected chi connectivity index (χ2v) is 6.95. The summed E-state index contributed by atoms with van der Waals surface area (Å²) in [6.07, 6.45) is -4.57. The molecule has 1 heterocycles. The van der Waals surface area contributed by atoms with Gasteiger partial charge in [-0.05, 0) is 24.3 Å². The first-order valence-corrected chi connectivity index (χ1v) is 9.87. The molecule has 0 radical (unpaired) electrons. The third kappa shape index (κ3) is 5.66. The fraction of sp³-hybridized carbons (Fsp3) is 0.261. The van der Waals surface area contributed by atoms with E-state index in [1.54, 1.807) is 41.7 Å². The summed E-state index contributed by atoms with van der Waals surface area (Å²) in [7, 11) is 4.39. The number of esters is 1. The van der Waals surface area contributed by atoms with Gasteiger partial charge < -0.3 is 24.3 Å². The van der Waals surface area contributed by atoms with Crippen LogP contribution in [0.2, 0.25) is 0 Å². The van der Waals surface area contributed by atoms with Crippen LogP contribution in [0.1, 0.15) is 10.4 Å². The van der Waals surface area contributed by atoms with Crippen LogP contribution in [-0.2, 0) is 9.53 Å². The van der Waals surface area contributed by atoms with Crippen LogP contribution in [0.5, 0.6) is 17.2 Å². The molecular formula is C23H21F3N2O6. The van der Waals surface area contributed by atoms with Crippen LogP contribution in [0.15, 0.2) is 42.5 Å². The number of halogens is 3. The lowest BCUT2D eigenvalue weighted by Gasteiger charge is -2.15. The number of ether oxygens (including phenoxy) is 4. The van der Waals surface area contributed by atoms with Crippen molar-refractivity contribution in [1.82, 2.24) is 10.3 Å². The smallest absolute Gasteiger partial charge is 0.405 e. The summed E-state index contributed by atoms with van der Waals surface area (Å²) in [5.74, 6) is -0.850. The zero-order chi connectivity index (χ0) is 24.9. The molecule has 0 bridgehead atoms. The maximum atomic E-state index is 12.8. The van der Waals surface area contributed by atoms with Crippen LogP contribution in [0.3, 0.4) is 0 Å². The molecule has 1 aromatic heterocycles. The highest BCUT2D eigenvalue weighted by molar-refractivity contribution is 6.05. The summed E-state index contributed by atoms with van der Waals surface area (Å²) in [6, 6.07) is 11.5. The van der Waals surface area contributed by atoms with Crippen molar-refractivity contribution in [3.05, 3.63) is 48.0 Å². The molecular weight excluding hydrogens is 457 g/mol. The molecule has 0 aliphatic heterocycles. The SMILES string of the molecule is COc1cc(-c2cc(C(=O)OCC(=O)NCC(F)(F)F)c3ccccc3n2)cc(OC)c1OC. The number of methoxy groups -OCH3 is 3. The molecule has 0 aliphatic carbocycles. The summed E-state index contributed by atoms with van der Waals surface area (Å²) >= 11 is 0. The topological polar surface area (TPSA) is 96.0 Å². The van der Waals surface area contributed by atoms with Gasteiger partial charge in [-0.3, -0.25) is 4.79 Å². The van der Waals surface area contributed by atoms with Crippen molar-refractivity contribution in [2.24, 2.45) is 0 Å². The molecule has 3 rings (SSSR count). The number of aromatic nitrogens is 1. The first-order valence-electron chi connectivity index (χ1n) is 9.87. The third-order valence-corrected chi connectivity index (χ3v) is 4.72. The number of pyridine rings is 1. The maximum Gasteiger partial charge on any atom is 0.405 e. The average Bonchev–Trinajstić information content (AvgIpc) is 2.83. The third-order valence-electron chi connectivity index (χ3n) is 4.72. The molecule has 0 aliphatic rings. The van der Waals surface area contributed by atoms with E-state index in [1.807, 2.05) is 0 Å². The van der Waals surface area contributed by atoms with Gasteiger partial charge in [0.1, 0.15) is 6.54 Å². The predicted octanol–water partition coefficient (Wildman–Crippen LogP) is 3.76. The van der Waals surface area contributed by atoms with Gasteiger partial charge in [-0.15, -0.1) is 0 Å². The van der Waals surface area contributed by atoms with Gasteiger partial charge in [0.25, 0.3) is 5.91 Å². The van der Waals surface area contributed by atoms with Crippen molar-refractivity contribution in [2.75, 3.05) is 34.5 Å². The minimum Gasteiger partial charge on any atom is -0.493 e. The number of benzene rings is 2. The van der Waals surface area contributed by atoms with E-state index in [0.717, 1.165) is 0 Å². The number of amides is 1. The highest BCUT2D eigenvalue weighted by Crippen LogP contribution is 2.41. The fourth-order valence-electron chi connectivity index (χ4n) is 3.18. The van der Waals surface area contributed by atoms with Gasteiger partial charge in [0.05, 0.1) is 38.1 Å². The lowest BCUT2D eigenvalue weighted by molar-refractivity contribution is -0.140. The lowest BCUT2D eigenvalue weighted by atomic mass is 10.0. The highest BCUT2D eigenvalue weighted by atomic mass is 19.4. The van der Waals surface area contributed by atoms with E-state index in [-0.39, 0.29) is 5.56 Å². The summed E-state index contributed by atoms with van der Waals surface area (Å²) in [5, 5.41) is 2.09. The Morgan fingerprint density at radius 2 is 1.62 bits per heavy atom. The molecule has 180 valence electrons. The Hall–Kier alpha value is -4.02. The van der Waals surface area contributed by atoms with Crippen molar-refractivity contribution in [1.29, 1.82) is 0 Å². The van der Waals surface area contributed by atoms with E-state index in [2.05, 4.69) is 4.98 Å². The minimum absolute atomic E-state index is 0.0815. The molecule has 34 heavy (non-hydrogen) atoms. The van der Waals surface area contributed by atoms with Crippen LogP contribution in [0.4, 0.5) is 13.2 Å². The average molecular weight is 478 g/mol. The van der Waals surface area contributed by atoms with E-state index in [1.165, 1.54) is 27.4 Å². The van der Waals surface area contributed by atoms with E-state index < -0.39 is 31.2 Å². The molecule has 1 N–H and O–H groups in total. The summed E-state index contributed by atoms with van der Waals surface area (Å²) in [4.78, 5) is 29.0. The monoisotopic (exact) mass is 478 g/mol. The second kappa shape index (κ2) is 10.3. The van der Waals surface area contributed by atoms with E-state index in [4.69, 9.17) is 18.9 Å². The molecule has 0 spiro atoms. The Labute approximate surface area is 192 Å². The number of para-hydroxylation sites is 1. The van der Waals surface area contributed by atoms with Crippen molar-refractivity contribution < 1.29 is 41.7 Å². The van der Waals surface area contributed by atoms with Crippen LogP contribution in [-0.4, -0.2) is 57.5 Å². The van der Waals surface area contributed by atoms with E-state index in [0.29, 0.717) is 39.4 Å². The summed E-state index contributed by atoms with van der Waals surface area (Å²) in [5.41, 5.74) is 1.45. The Morgan fingerprint density at radius 1 is 0.971 bits per heavy atom. The standard InChI is InChI=1S/C23H21F3N2O6/c1-31-18-8-13(9-19(32-2)21(18)33-3)17-10-15(14-6-4-5-7-16(14)28-17)22(30)34-11-20(29)27-12-23(24,25)26/h4-10H,11-12H2,1-3H3,(H,27,29). The quantitative estimate of drug-likeness (QED) is 0.493. The van der Waals surface area contributed by atoms with Gasteiger partial charge >= 0.3 is 12.1 Å². The largest absolute Gasteiger partial charge is 0.493 e. The summed E-state index contributed by atoms with van der Waals surface area (Å²) < 4.78 is 57.8. The number of hydrogen-bond donors (Lipinski definition) is 1. The number of carbonyl (C=O) groups is 2. The van der Waals surface area contributed by atoms with Crippen molar-refractivity contribution in [2.45, 2.75) is 6.18 Å². The number of alkyl halides is 3. The van der Waals surface area contributed by atoms with Crippen molar-refractivity contribution >= 4 is 22.8 Å². The van der Waals surface area contributed by atoms with Gasteiger partial charge in [0.15, 0.2) is 18.1 Å². The first kappa shape index (κ1) is 24.6. The maximum absolute atomic E-state index is 12.8. The highest BCUT2D eigenvalue weighted by Gasteiger charge is 2.28. The van der Waals surface area contributed by atoms with E-state index >= 15 is 0 Å². The molecule has 0 saturated carbocycles. The fourth-order valence-corrected chi connectivity index (χ4v) is 3.18. The Bertz CT molecular complexity index is 1190. The molecule has 3 aromatic rings. The van der Waals surface area contributed by atoms with Crippen molar-refractivity contribution in [3.8, 4) is 28.5 Å². The second-order valence-electron chi connectivity index (χ2n) is 6.95. The minimum atomic E-state index is -4.57. The van der Waals surface area contributed by atoms with Crippen LogP contribution in [0, 0.1) is 0 Å². The van der Waals surface area contributed by atoms with Crippen molar-refractivity contribution in [3.63, 3.8) is 0 Å². The molecule has 1 amide bonds. The number of fused-ring (bicyclic) bond motifs is 1. The van der Waals surface area contributed by atoms with Gasteiger partial charge in [0, 0.05) is 10.9 Å². The number of rotatable bonds is 8. The number of nitrogens with zero attached hydrogens (tertiary/aromatic N) is 1. The number of hydrogen-bond acceptors (Lipinski definition) is 7. The Morgan fingerprint density at radius 3 is 2.21 bits per heavy atom. The molecule has 8 nitrogen and oxygen atoms in total. The number of carbonyl (C=O) groups excluding carboxylic acids is 2. The van der Waals surface area contributed by atoms with Gasteiger partial charge in [-0.1, -0.05) is 18.2 Å². The lowest BCUT2D eigenvalue weighted by Crippen LogP contribution is -2.36. The number of nitrogens with one attached hydrogen (secondary N) is 1. The molecule has 0 fully saturated rings.